The van der Waals surface area contributed by atoms with Crippen LogP contribution < -0.4 is 0 Å². The number of benzene rings is 3. The van der Waals surface area contributed by atoms with Gasteiger partial charge in [0.2, 0.25) is 0 Å². The number of aliphatic hydroxyl groups is 1. The third kappa shape index (κ3) is 3.92. The van der Waals surface area contributed by atoms with Crippen molar-refractivity contribution in [2.24, 2.45) is 0 Å². The van der Waals surface area contributed by atoms with Gasteiger partial charge in [-0.05, 0) is 48.1 Å². The molecule has 1 aliphatic rings. The summed E-state index contributed by atoms with van der Waals surface area (Å²) < 4.78 is 0.907. The largest absolute Gasteiger partial charge is 0.503 e. The number of hydrogen-bond acceptors (Lipinski definition) is 3. The minimum absolute atomic E-state index is 0.180. The first-order valence-electron chi connectivity index (χ1n) is 9.68. The van der Waals surface area contributed by atoms with Crippen LogP contribution in [0.4, 0.5) is 0 Å². The van der Waals surface area contributed by atoms with E-state index < -0.39 is 0 Å². The Hall–Kier alpha value is -2.50. The molecule has 0 spiro atoms. The molecule has 0 unspecified atom stereocenters. The molecule has 1 N–H and O–H groups in total. The van der Waals surface area contributed by atoms with Crippen molar-refractivity contribution in [2.75, 3.05) is 6.26 Å². The van der Waals surface area contributed by atoms with Crippen LogP contribution in [0.2, 0.25) is 0 Å². The standard InChI is InChI=1S/C25H22BrNO2S/c1-16-7-11-18(12-8-16)22-23(20-5-3-4-6-21(20)26)27(25(29)24(22)28)15-17-9-13-19(30-2)14-10-17/h3-14,23,28H,15H2,1-2H3/t23-/m0/s1. The summed E-state index contributed by atoms with van der Waals surface area (Å²) >= 11 is 5.33. The fourth-order valence-corrected chi connectivity index (χ4v) is 4.70. The molecule has 152 valence electrons. The molecule has 4 rings (SSSR count). The van der Waals surface area contributed by atoms with E-state index in [-0.39, 0.29) is 17.7 Å². The number of halogens is 1. The number of thioether (sulfide) groups is 1. The van der Waals surface area contributed by atoms with E-state index in [0.29, 0.717) is 12.1 Å². The van der Waals surface area contributed by atoms with E-state index in [4.69, 9.17) is 0 Å². The van der Waals surface area contributed by atoms with Crippen LogP contribution in [0, 0.1) is 6.92 Å². The van der Waals surface area contributed by atoms with Crippen LogP contribution in [0.25, 0.3) is 5.57 Å². The molecular weight excluding hydrogens is 458 g/mol. The Bertz CT molecular complexity index is 1110. The average Bonchev–Trinajstić information content (AvgIpc) is 3.00. The van der Waals surface area contributed by atoms with Crippen molar-refractivity contribution in [3.8, 4) is 0 Å². The number of hydrogen-bond donors (Lipinski definition) is 1. The van der Waals surface area contributed by atoms with Crippen molar-refractivity contribution in [1.82, 2.24) is 4.90 Å². The number of carbonyl (C=O) groups is 1. The molecule has 3 nitrogen and oxygen atoms in total. The first kappa shape index (κ1) is 20.8. The molecule has 1 heterocycles. The molecule has 1 amide bonds. The minimum atomic E-state index is -0.379. The number of carbonyl (C=O) groups excluding carboxylic acids is 1. The van der Waals surface area contributed by atoms with Crippen molar-refractivity contribution >= 4 is 39.2 Å². The Kier molecular flexibility index (Phi) is 6.02. The van der Waals surface area contributed by atoms with E-state index in [1.807, 2.05) is 73.8 Å². The molecule has 3 aromatic carbocycles. The Labute approximate surface area is 189 Å². The van der Waals surface area contributed by atoms with E-state index in [2.05, 4.69) is 28.1 Å². The Morgan fingerprint density at radius 2 is 1.67 bits per heavy atom. The molecule has 0 aliphatic carbocycles. The zero-order chi connectivity index (χ0) is 21.3. The summed E-state index contributed by atoms with van der Waals surface area (Å²) in [5, 5.41) is 10.9. The third-order valence-electron chi connectivity index (χ3n) is 5.38. The lowest BCUT2D eigenvalue weighted by Gasteiger charge is -2.28. The third-order valence-corrected chi connectivity index (χ3v) is 6.84. The quantitative estimate of drug-likeness (QED) is 0.422. The lowest BCUT2D eigenvalue weighted by molar-refractivity contribution is -0.130. The number of nitrogens with zero attached hydrogens (tertiary/aromatic N) is 1. The zero-order valence-corrected chi connectivity index (χ0v) is 19.2. The second-order valence-corrected chi connectivity index (χ2v) is 9.07. The van der Waals surface area contributed by atoms with Gasteiger partial charge in [-0.1, -0.05) is 76.1 Å². The highest BCUT2D eigenvalue weighted by atomic mass is 79.9. The van der Waals surface area contributed by atoms with Crippen LogP contribution in [0.5, 0.6) is 0 Å². The summed E-state index contributed by atoms with van der Waals surface area (Å²) in [5.74, 6) is -0.527. The predicted molar refractivity (Wildman–Crippen MR) is 126 cm³/mol. The predicted octanol–water partition coefficient (Wildman–Crippen LogP) is 6.53. The van der Waals surface area contributed by atoms with E-state index >= 15 is 0 Å². The van der Waals surface area contributed by atoms with Crippen LogP contribution in [0.1, 0.15) is 28.3 Å². The molecule has 0 radical (unpaired) electrons. The van der Waals surface area contributed by atoms with E-state index in [0.717, 1.165) is 26.7 Å². The van der Waals surface area contributed by atoms with Crippen molar-refractivity contribution in [3.05, 3.63) is 105 Å². The molecule has 1 atom stereocenters. The van der Waals surface area contributed by atoms with Crippen molar-refractivity contribution in [1.29, 1.82) is 0 Å². The average molecular weight is 480 g/mol. The van der Waals surface area contributed by atoms with Crippen LogP contribution >= 0.6 is 27.7 Å². The highest BCUT2D eigenvalue weighted by molar-refractivity contribution is 9.10. The van der Waals surface area contributed by atoms with Gasteiger partial charge in [0.25, 0.3) is 5.91 Å². The van der Waals surface area contributed by atoms with Crippen molar-refractivity contribution in [3.63, 3.8) is 0 Å². The first-order chi connectivity index (χ1) is 14.5. The second kappa shape index (κ2) is 8.70. The van der Waals surface area contributed by atoms with Gasteiger partial charge in [-0.25, -0.2) is 0 Å². The first-order valence-corrected chi connectivity index (χ1v) is 11.7. The summed E-state index contributed by atoms with van der Waals surface area (Å²) in [6, 6.07) is 23.6. The Morgan fingerprint density at radius 1 is 1.00 bits per heavy atom. The van der Waals surface area contributed by atoms with Crippen molar-refractivity contribution in [2.45, 2.75) is 24.4 Å². The minimum Gasteiger partial charge on any atom is -0.503 e. The summed E-state index contributed by atoms with van der Waals surface area (Å²) in [5.41, 5.74) is 4.61. The molecule has 0 aromatic heterocycles. The molecule has 0 saturated carbocycles. The maximum atomic E-state index is 13.2. The van der Waals surface area contributed by atoms with Crippen molar-refractivity contribution < 1.29 is 9.90 Å². The number of aryl methyl sites for hydroxylation is 1. The summed E-state index contributed by atoms with van der Waals surface area (Å²) in [6.07, 6.45) is 2.04. The summed E-state index contributed by atoms with van der Waals surface area (Å²) in [6.45, 7) is 2.44. The van der Waals surface area contributed by atoms with Crippen LogP contribution in [-0.2, 0) is 11.3 Å². The summed E-state index contributed by atoms with van der Waals surface area (Å²) in [7, 11) is 0. The normalized spacial score (nSPS) is 16.4. The molecule has 0 fully saturated rings. The van der Waals surface area contributed by atoms with E-state index in [1.54, 1.807) is 16.7 Å². The highest BCUT2D eigenvalue weighted by Crippen LogP contribution is 2.45. The SMILES string of the molecule is CSc1ccc(CN2C(=O)C(O)=C(c3ccc(C)cc3)[C@@H]2c2ccccc2Br)cc1. The van der Waals surface area contributed by atoms with Crippen LogP contribution in [0.15, 0.2) is 87.9 Å². The molecular formula is C25H22BrNO2S. The summed E-state index contributed by atoms with van der Waals surface area (Å²) in [4.78, 5) is 16.1. The smallest absolute Gasteiger partial charge is 0.290 e. The zero-order valence-electron chi connectivity index (χ0n) is 16.8. The monoisotopic (exact) mass is 479 g/mol. The number of amides is 1. The number of aliphatic hydroxyl groups excluding tert-OH is 1. The lowest BCUT2D eigenvalue weighted by Crippen LogP contribution is -2.30. The topological polar surface area (TPSA) is 40.5 Å². The van der Waals surface area contributed by atoms with Gasteiger partial charge in [-0.2, -0.15) is 0 Å². The van der Waals surface area contributed by atoms with Gasteiger partial charge < -0.3 is 10.0 Å². The molecule has 0 saturated heterocycles. The maximum absolute atomic E-state index is 13.2. The van der Waals surface area contributed by atoms with Gasteiger partial charge in [0, 0.05) is 21.5 Å². The van der Waals surface area contributed by atoms with Gasteiger partial charge in [0.1, 0.15) is 0 Å². The van der Waals surface area contributed by atoms with Gasteiger partial charge in [-0.15, -0.1) is 11.8 Å². The molecule has 0 bridgehead atoms. The fraction of sp³-hybridized carbons (Fsp3) is 0.160. The van der Waals surface area contributed by atoms with Crippen LogP contribution in [-0.4, -0.2) is 22.2 Å². The van der Waals surface area contributed by atoms with Crippen LogP contribution in [0.3, 0.4) is 0 Å². The molecule has 5 heteroatoms. The second-order valence-electron chi connectivity index (χ2n) is 7.33. The Balaban J connectivity index is 1.80. The molecule has 3 aromatic rings. The van der Waals surface area contributed by atoms with Gasteiger partial charge >= 0.3 is 0 Å². The van der Waals surface area contributed by atoms with Gasteiger partial charge in [-0.3, -0.25) is 4.79 Å². The van der Waals surface area contributed by atoms with E-state index in [9.17, 15) is 9.90 Å². The Morgan fingerprint density at radius 3 is 2.30 bits per heavy atom. The highest BCUT2D eigenvalue weighted by Gasteiger charge is 2.41. The van der Waals surface area contributed by atoms with Gasteiger partial charge in [0.05, 0.1) is 6.04 Å². The van der Waals surface area contributed by atoms with Gasteiger partial charge in [0.15, 0.2) is 5.76 Å². The van der Waals surface area contributed by atoms with E-state index in [1.165, 1.54) is 4.90 Å². The molecule has 30 heavy (non-hydrogen) atoms. The number of rotatable bonds is 5. The fourth-order valence-electron chi connectivity index (χ4n) is 3.79. The maximum Gasteiger partial charge on any atom is 0.290 e. The lowest BCUT2D eigenvalue weighted by atomic mass is 9.93. The molecule has 1 aliphatic heterocycles.